The largest absolute Gasteiger partial charge is 0.480 e. The van der Waals surface area contributed by atoms with Crippen molar-refractivity contribution < 1.29 is 11.3 Å². The Balaban J connectivity index is 4.12. The predicted molar refractivity (Wildman–Crippen MR) is 29.6 cm³/mol. The van der Waals surface area contributed by atoms with Gasteiger partial charge >= 0.3 is 5.97 Å². The van der Waals surface area contributed by atoms with Crippen LogP contribution in [-0.2, 0) is 4.79 Å². The van der Waals surface area contributed by atoms with Crippen LogP contribution < -0.4 is 5.73 Å². The van der Waals surface area contributed by atoms with Crippen molar-refractivity contribution in [2.75, 3.05) is 6.54 Å². The van der Waals surface area contributed by atoms with Crippen LogP contribution in [0.1, 0.15) is 1.37 Å². The first-order valence-electron chi connectivity index (χ1n) is 2.54. The Hall–Kier alpha value is -1.26. The van der Waals surface area contributed by atoms with Crippen molar-refractivity contribution in [2.24, 2.45) is 10.8 Å². The van der Waals surface area contributed by atoms with E-state index in [0.29, 0.717) is 0 Å². The monoisotopic (exact) mass is 131 g/mol. The first kappa shape index (κ1) is 5.87. The first-order valence-corrected chi connectivity index (χ1v) is 2.04. The Morgan fingerprint density at radius 3 is 3.11 bits per heavy atom. The minimum Gasteiger partial charge on any atom is -0.480 e. The van der Waals surface area contributed by atoms with Gasteiger partial charge in [0.1, 0.15) is 6.02 Å². The highest BCUT2D eigenvalue weighted by atomic mass is 16.4. The summed E-state index contributed by atoms with van der Waals surface area (Å²) in [6, 6.07) is -2.20. The van der Waals surface area contributed by atoms with Crippen LogP contribution in [0, 0.1) is 0 Å². The van der Waals surface area contributed by atoms with E-state index in [4.69, 9.17) is 17.7 Å². The van der Waals surface area contributed by atoms with Crippen molar-refractivity contribution in [3.8, 4) is 0 Å². The second-order valence-corrected chi connectivity index (χ2v) is 1.22. The molecule has 0 aliphatic heterocycles. The van der Waals surface area contributed by atoms with E-state index in [9.17, 15) is 4.79 Å². The summed E-state index contributed by atoms with van der Waals surface area (Å²) < 4.78 is 6.80. The number of nitrogens with two attached hydrogens (primary N) is 1. The highest BCUT2D eigenvalue weighted by molar-refractivity contribution is 5.73. The van der Waals surface area contributed by atoms with Gasteiger partial charge in [-0.1, -0.05) is 5.11 Å². The molecule has 0 saturated carbocycles. The standard InChI is InChI=1S/C3H6N4O2/c4-2(3(8)9)1-6-7-5/h2H,1,4H2,(H,8,9)/i2D. The van der Waals surface area contributed by atoms with Crippen molar-refractivity contribution >= 4 is 5.97 Å². The van der Waals surface area contributed by atoms with Crippen molar-refractivity contribution in [2.45, 2.75) is 6.02 Å². The zero-order valence-corrected chi connectivity index (χ0v) is 4.48. The van der Waals surface area contributed by atoms with E-state index in [1.807, 2.05) is 0 Å². The van der Waals surface area contributed by atoms with E-state index < -0.39 is 18.5 Å². The van der Waals surface area contributed by atoms with Gasteiger partial charge in [0.05, 0.1) is 7.92 Å². The second-order valence-electron chi connectivity index (χ2n) is 1.22. The molecule has 0 aromatic carbocycles. The molecule has 0 fully saturated rings. The molecular weight excluding hydrogens is 124 g/mol. The molecule has 6 heteroatoms. The number of azide groups is 1. The minimum absolute atomic E-state index is 0.571. The normalized spacial score (nSPS) is 16.8. The Kier molecular flexibility index (Phi) is 2.42. The van der Waals surface area contributed by atoms with Crippen LogP contribution in [0.2, 0.25) is 0 Å². The number of hydrogen-bond acceptors (Lipinski definition) is 3. The van der Waals surface area contributed by atoms with Gasteiger partial charge in [-0.05, 0) is 5.53 Å². The van der Waals surface area contributed by atoms with Gasteiger partial charge in [-0.2, -0.15) is 0 Å². The molecule has 50 valence electrons. The average molecular weight is 131 g/mol. The zero-order chi connectivity index (χ0) is 8.20. The van der Waals surface area contributed by atoms with Crippen molar-refractivity contribution in [1.29, 1.82) is 0 Å². The molecule has 0 rings (SSSR count). The molecule has 0 aromatic heterocycles. The topological polar surface area (TPSA) is 112 Å². The lowest BCUT2D eigenvalue weighted by Gasteiger charge is -1.97. The Bertz CT molecular complexity index is 185. The number of carboxylic acid groups (broad SMARTS) is 1. The van der Waals surface area contributed by atoms with Gasteiger partial charge in [0, 0.05) is 4.91 Å². The van der Waals surface area contributed by atoms with Gasteiger partial charge in [-0.3, -0.25) is 4.79 Å². The van der Waals surface area contributed by atoms with Crippen molar-refractivity contribution in [3.63, 3.8) is 0 Å². The van der Waals surface area contributed by atoms with E-state index >= 15 is 0 Å². The van der Waals surface area contributed by atoms with Gasteiger partial charge in [-0.25, -0.2) is 0 Å². The molecule has 9 heavy (non-hydrogen) atoms. The van der Waals surface area contributed by atoms with Gasteiger partial charge in [-0.15, -0.1) is 0 Å². The molecule has 0 aliphatic carbocycles. The average Bonchev–Trinajstić information content (AvgIpc) is 1.84. The summed E-state index contributed by atoms with van der Waals surface area (Å²) in [5.41, 5.74) is 12.6. The molecule has 0 radical (unpaired) electrons. The van der Waals surface area contributed by atoms with Crippen LogP contribution in [0.5, 0.6) is 0 Å². The van der Waals surface area contributed by atoms with Gasteiger partial charge < -0.3 is 10.8 Å². The van der Waals surface area contributed by atoms with Crippen LogP contribution >= 0.6 is 0 Å². The van der Waals surface area contributed by atoms with Crippen LogP contribution in [0.25, 0.3) is 10.4 Å². The van der Waals surface area contributed by atoms with E-state index in [1.165, 1.54) is 0 Å². The van der Waals surface area contributed by atoms with Crippen molar-refractivity contribution in [1.82, 2.24) is 0 Å². The van der Waals surface area contributed by atoms with E-state index in [1.54, 1.807) is 0 Å². The predicted octanol–water partition coefficient (Wildman–Crippen LogP) is -0.291. The third-order valence-corrected chi connectivity index (χ3v) is 0.579. The Morgan fingerprint density at radius 2 is 2.78 bits per heavy atom. The van der Waals surface area contributed by atoms with Crippen LogP contribution in [-0.4, -0.2) is 23.6 Å². The molecule has 0 bridgehead atoms. The number of nitrogens with zero attached hydrogens (tertiary/aromatic N) is 3. The molecule has 0 heterocycles. The second kappa shape index (κ2) is 3.71. The fraction of sp³-hybridized carbons (Fsp3) is 0.667. The van der Waals surface area contributed by atoms with Crippen LogP contribution in [0.3, 0.4) is 0 Å². The quantitative estimate of drug-likeness (QED) is 0.311. The third-order valence-electron chi connectivity index (χ3n) is 0.579. The smallest absolute Gasteiger partial charge is 0.320 e. The van der Waals surface area contributed by atoms with Crippen molar-refractivity contribution in [3.05, 3.63) is 10.4 Å². The van der Waals surface area contributed by atoms with Gasteiger partial charge in [0.2, 0.25) is 0 Å². The zero-order valence-electron chi connectivity index (χ0n) is 5.48. The summed E-state index contributed by atoms with van der Waals surface area (Å²) in [5, 5.41) is 11.0. The summed E-state index contributed by atoms with van der Waals surface area (Å²) in [7, 11) is 0. The molecule has 0 amide bonds. The molecule has 1 atom stereocenters. The number of rotatable bonds is 3. The number of hydrogen-bond donors (Lipinski definition) is 2. The highest BCUT2D eigenvalue weighted by Gasteiger charge is 2.07. The lowest BCUT2D eigenvalue weighted by Crippen LogP contribution is -2.32. The highest BCUT2D eigenvalue weighted by Crippen LogP contribution is 1.79. The molecule has 0 aromatic rings. The summed E-state index contributed by atoms with van der Waals surface area (Å²) in [6.45, 7) is -0.571. The van der Waals surface area contributed by atoms with E-state index in [2.05, 4.69) is 10.0 Å². The molecule has 6 nitrogen and oxygen atoms in total. The van der Waals surface area contributed by atoms with E-state index in [0.717, 1.165) is 0 Å². The lowest BCUT2D eigenvalue weighted by atomic mass is 10.3. The SMILES string of the molecule is [2H]C(N)(CN=[N+]=[N-])C(=O)O. The summed E-state index contributed by atoms with van der Waals surface area (Å²) in [4.78, 5) is 12.3. The Labute approximate surface area is 52.3 Å². The fourth-order valence-corrected chi connectivity index (χ4v) is 0.175. The third kappa shape index (κ3) is 3.33. The first-order chi connectivity index (χ1) is 4.50. The number of aliphatic carboxylic acids is 1. The summed E-state index contributed by atoms with van der Waals surface area (Å²) in [5.74, 6) is -1.51. The van der Waals surface area contributed by atoms with Gasteiger partial charge in [0.15, 0.2) is 0 Å². The maximum Gasteiger partial charge on any atom is 0.320 e. The minimum atomic E-state index is -2.20. The maximum atomic E-state index is 10.0. The molecule has 0 aliphatic rings. The maximum absolute atomic E-state index is 10.0. The molecule has 1 unspecified atom stereocenters. The molecular formula is C3H6N4O2. The molecule has 3 N–H and O–H groups in total. The fourth-order valence-electron chi connectivity index (χ4n) is 0.175. The lowest BCUT2D eigenvalue weighted by molar-refractivity contribution is -0.138. The summed E-state index contributed by atoms with van der Waals surface area (Å²) >= 11 is 0. The molecule has 0 spiro atoms. The number of carboxylic acids is 1. The Morgan fingerprint density at radius 1 is 2.22 bits per heavy atom. The van der Waals surface area contributed by atoms with Gasteiger partial charge in [0.25, 0.3) is 0 Å². The van der Waals surface area contributed by atoms with Crippen LogP contribution in [0.15, 0.2) is 5.11 Å². The molecule has 0 saturated heterocycles. The number of carbonyl (C=O) groups is 1. The summed E-state index contributed by atoms with van der Waals surface area (Å²) in [6.07, 6.45) is 0. The van der Waals surface area contributed by atoms with Crippen LogP contribution in [0.4, 0.5) is 0 Å². The van der Waals surface area contributed by atoms with E-state index in [-0.39, 0.29) is 0 Å².